The highest BCUT2D eigenvalue weighted by molar-refractivity contribution is 5.98. The minimum absolute atomic E-state index is 0.0601. The normalized spacial score (nSPS) is 15.1. The predicted octanol–water partition coefficient (Wildman–Crippen LogP) is 7.29. The van der Waals surface area contributed by atoms with Gasteiger partial charge in [0, 0.05) is 53.6 Å². The van der Waals surface area contributed by atoms with Gasteiger partial charge in [-0.2, -0.15) is 0 Å². The Bertz CT molecular complexity index is 1750. The fourth-order valence-electron chi connectivity index (χ4n) is 6.59. The van der Waals surface area contributed by atoms with E-state index in [0.29, 0.717) is 22.7 Å². The van der Waals surface area contributed by atoms with E-state index in [2.05, 4.69) is 27.1 Å². The van der Waals surface area contributed by atoms with Crippen molar-refractivity contribution in [3.8, 4) is 11.5 Å². The zero-order chi connectivity index (χ0) is 31.6. The molecule has 2 atom stereocenters. The van der Waals surface area contributed by atoms with Crippen molar-refractivity contribution < 1.29 is 23.1 Å². The number of rotatable bonds is 11. The van der Waals surface area contributed by atoms with E-state index >= 15 is 0 Å². The van der Waals surface area contributed by atoms with E-state index in [-0.39, 0.29) is 12.8 Å². The van der Waals surface area contributed by atoms with Gasteiger partial charge in [0.15, 0.2) is 0 Å². The number of anilines is 1. The lowest BCUT2D eigenvalue weighted by atomic mass is 9.80. The van der Waals surface area contributed by atoms with E-state index in [0.717, 1.165) is 72.6 Å². The standard InChI is InChI=1S/C36H38F2N4O3/c1-3-5-13-42-14-8-10-28-29(35-39-12-15-45-35)18-25(19-31(28)42)34(44)41-36(33(43)4-2,22-23-16-26(37)21-27(38)17-23)32-20-24-9-6-7-11-30(24)40-32/h6-7,9,11-12,15-21,33,40,43H,3-5,8,10,13-14,22H2,1-2H3,(H,41,44). The first kappa shape index (κ1) is 30.5. The molecular formula is C36H38F2N4O3. The monoisotopic (exact) mass is 612 g/mol. The van der Waals surface area contributed by atoms with Crippen LogP contribution in [0.5, 0.6) is 0 Å². The van der Waals surface area contributed by atoms with Crippen LogP contribution in [0.3, 0.4) is 0 Å². The summed E-state index contributed by atoms with van der Waals surface area (Å²) in [5, 5.41) is 15.8. The van der Waals surface area contributed by atoms with Gasteiger partial charge in [-0.05, 0) is 78.6 Å². The number of nitrogens with one attached hydrogen (secondary N) is 2. The van der Waals surface area contributed by atoms with E-state index in [1.807, 2.05) is 43.3 Å². The molecule has 0 saturated heterocycles. The van der Waals surface area contributed by atoms with Crippen LogP contribution >= 0.6 is 0 Å². The fraction of sp³-hybridized carbons (Fsp3) is 0.333. The lowest BCUT2D eigenvalue weighted by Gasteiger charge is -2.39. The van der Waals surface area contributed by atoms with Crippen molar-refractivity contribution in [2.24, 2.45) is 0 Å². The molecule has 1 aliphatic rings. The summed E-state index contributed by atoms with van der Waals surface area (Å²) in [6.07, 6.45) is 6.07. The maximum atomic E-state index is 14.5. The molecule has 0 spiro atoms. The Balaban J connectivity index is 1.49. The Morgan fingerprint density at radius 3 is 2.64 bits per heavy atom. The van der Waals surface area contributed by atoms with Crippen LogP contribution in [0.25, 0.3) is 22.4 Å². The first-order valence-electron chi connectivity index (χ1n) is 15.7. The molecule has 1 amide bonds. The largest absolute Gasteiger partial charge is 0.445 e. The van der Waals surface area contributed by atoms with Crippen molar-refractivity contribution >= 4 is 22.5 Å². The zero-order valence-electron chi connectivity index (χ0n) is 25.6. The highest BCUT2D eigenvalue weighted by atomic mass is 19.1. The summed E-state index contributed by atoms with van der Waals surface area (Å²) >= 11 is 0. The molecule has 6 rings (SSSR count). The summed E-state index contributed by atoms with van der Waals surface area (Å²) in [7, 11) is 0. The van der Waals surface area contributed by atoms with Gasteiger partial charge in [-0.15, -0.1) is 0 Å². The molecule has 234 valence electrons. The summed E-state index contributed by atoms with van der Waals surface area (Å²) in [5.41, 5.74) is 3.37. The molecular weight excluding hydrogens is 574 g/mol. The number of aliphatic hydroxyl groups is 1. The van der Waals surface area contributed by atoms with Crippen molar-refractivity contribution in [3.63, 3.8) is 0 Å². The second kappa shape index (κ2) is 12.9. The van der Waals surface area contributed by atoms with Crippen molar-refractivity contribution in [3.05, 3.63) is 107 Å². The number of aromatic amines is 1. The smallest absolute Gasteiger partial charge is 0.252 e. The number of oxazole rings is 1. The van der Waals surface area contributed by atoms with Gasteiger partial charge in [0.05, 0.1) is 12.3 Å². The van der Waals surface area contributed by atoms with Crippen LogP contribution < -0.4 is 10.2 Å². The number of para-hydroxylation sites is 1. The highest BCUT2D eigenvalue weighted by Gasteiger charge is 2.43. The zero-order valence-corrected chi connectivity index (χ0v) is 25.6. The molecule has 0 saturated carbocycles. The van der Waals surface area contributed by atoms with E-state index in [9.17, 15) is 18.7 Å². The van der Waals surface area contributed by atoms with Crippen LogP contribution in [-0.2, 0) is 18.4 Å². The first-order chi connectivity index (χ1) is 21.8. The van der Waals surface area contributed by atoms with Gasteiger partial charge in [0.1, 0.15) is 23.4 Å². The molecule has 3 aromatic carbocycles. The number of aliphatic hydroxyl groups excluding tert-OH is 1. The lowest BCUT2D eigenvalue weighted by molar-refractivity contribution is 0.0436. The molecule has 3 heterocycles. The van der Waals surface area contributed by atoms with Crippen molar-refractivity contribution in [1.82, 2.24) is 15.3 Å². The van der Waals surface area contributed by atoms with Gasteiger partial charge < -0.3 is 24.7 Å². The SMILES string of the molecule is CCCCN1CCCc2c(-c3ncco3)cc(C(=O)NC(Cc3cc(F)cc(F)c3)(c3cc4ccccc4[nH]3)C(O)CC)cc21. The van der Waals surface area contributed by atoms with Crippen LogP contribution in [0.1, 0.15) is 66.7 Å². The van der Waals surface area contributed by atoms with Gasteiger partial charge in [-0.3, -0.25) is 4.79 Å². The Labute approximate surface area is 261 Å². The third-order valence-corrected chi connectivity index (χ3v) is 8.84. The summed E-state index contributed by atoms with van der Waals surface area (Å²) < 4.78 is 34.6. The highest BCUT2D eigenvalue weighted by Crippen LogP contribution is 2.38. The van der Waals surface area contributed by atoms with Gasteiger partial charge in [0.25, 0.3) is 5.91 Å². The van der Waals surface area contributed by atoms with E-state index in [4.69, 9.17) is 4.42 Å². The minimum atomic E-state index is -1.45. The predicted molar refractivity (Wildman–Crippen MR) is 171 cm³/mol. The molecule has 45 heavy (non-hydrogen) atoms. The molecule has 1 aliphatic heterocycles. The first-order valence-corrected chi connectivity index (χ1v) is 15.7. The number of hydrogen-bond acceptors (Lipinski definition) is 5. The van der Waals surface area contributed by atoms with E-state index < -0.39 is 29.2 Å². The van der Waals surface area contributed by atoms with Gasteiger partial charge in [-0.25, -0.2) is 13.8 Å². The van der Waals surface area contributed by atoms with Crippen LogP contribution in [0.2, 0.25) is 0 Å². The summed E-state index contributed by atoms with van der Waals surface area (Å²) in [5.74, 6) is -1.46. The van der Waals surface area contributed by atoms with Gasteiger partial charge in [-0.1, -0.05) is 38.5 Å². The van der Waals surface area contributed by atoms with Crippen molar-refractivity contribution in [1.29, 1.82) is 0 Å². The Morgan fingerprint density at radius 1 is 1.13 bits per heavy atom. The summed E-state index contributed by atoms with van der Waals surface area (Å²) in [6, 6.07) is 16.5. The Kier molecular flexibility index (Phi) is 8.72. The second-order valence-corrected chi connectivity index (χ2v) is 11.9. The Hall–Kier alpha value is -4.50. The van der Waals surface area contributed by atoms with Crippen LogP contribution in [0.15, 0.2) is 77.5 Å². The number of carbonyl (C=O) groups is 1. The Morgan fingerprint density at radius 2 is 1.93 bits per heavy atom. The number of carbonyl (C=O) groups excluding carboxylic acids is 1. The quantitative estimate of drug-likeness (QED) is 0.146. The van der Waals surface area contributed by atoms with Crippen LogP contribution in [0, 0.1) is 11.6 Å². The topological polar surface area (TPSA) is 94.4 Å². The molecule has 7 nitrogen and oxygen atoms in total. The number of amides is 1. The fourth-order valence-corrected chi connectivity index (χ4v) is 6.59. The molecule has 2 unspecified atom stereocenters. The number of halogens is 2. The average molecular weight is 613 g/mol. The van der Waals surface area contributed by atoms with E-state index in [1.165, 1.54) is 18.4 Å². The second-order valence-electron chi connectivity index (χ2n) is 11.9. The molecule has 0 radical (unpaired) electrons. The molecule has 5 aromatic rings. The molecule has 0 bridgehead atoms. The number of hydrogen-bond donors (Lipinski definition) is 3. The number of aromatic nitrogens is 2. The molecule has 0 fully saturated rings. The van der Waals surface area contributed by atoms with Gasteiger partial charge >= 0.3 is 0 Å². The molecule has 9 heteroatoms. The van der Waals surface area contributed by atoms with Crippen LogP contribution in [0.4, 0.5) is 14.5 Å². The minimum Gasteiger partial charge on any atom is -0.445 e. The molecule has 2 aromatic heterocycles. The number of unbranched alkanes of at least 4 members (excludes halogenated alkanes) is 1. The number of H-pyrrole nitrogens is 1. The van der Waals surface area contributed by atoms with Crippen LogP contribution in [-0.4, -0.2) is 40.2 Å². The third kappa shape index (κ3) is 6.09. The van der Waals surface area contributed by atoms with Gasteiger partial charge in [0.2, 0.25) is 5.89 Å². The summed E-state index contributed by atoms with van der Waals surface area (Å²) in [4.78, 5) is 24.6. The third-order valence-electron chi connectivity index (χ3n) is 8.84. The lowest BCUT2D eigenvalue weighted by Crippen LogP contribution is -2.55. The maximum Gasteiger partial charge on any atom is 0.252 e. The molecule has 3 N–H and O–H groups in total. The average Bonchev–Trinajstić information content (AvgIpc) is 3.73. The summed E-state index contributed by atoms with van der Waals surface area (Å²) in [6.45, 7) is 5.70. The maximum absolute atomic E-state index is 14.5. The number of benzene rings is 3. The molecule has 0 aliphatic carbocycles. The van der Waals surface area contributed by atoms with Crippen molar-refractivity contribution in [2.45, 2.75) is 64.0 Å². The number of nitrogens with zero attached hydrogens (tertiary/aromatic N) is 2. The van der Waals surface area contributed by atoms with Crippen molar-refractivity contribution in [2.75, 3.05) is 18.0 Å². The number of fused-ring (bicyclic) bond motifs is 2. The van der Waals surface area contributed by atoms with E-state index in [1.54, 1.807) is 12.3 Å².